The molecule has 3 nitrogen and oxygen atoms in total. The molecular weight excluding hydrogens is 234 g/mol. The van der Waals surface area contributed by atoms with Gasteiger partial charge < -0.3 is 5.73 Å². The molecule has 2 heterocycles. The average Bonchev–Trinajstić information content (AvgIpc) is 2.71. The minimum absolute atomic E-state index is 0.588. The first kappa shape index (κ1) is 9.95. The number of rotatable bonds is 2. The van der Waals surface area contributed by atoms with Crippen molar-refractivity contribution in [3.05, 3.63) is 10.4 Å². The highest BCUT2D eigenvalue weighted by atomic mass is 32.2. The molecule has 74 valence electrons. The third kappa shape index (κ3) is 1.65. The van der Waals surface area contributed by atoms with Crippen LogP contribution in [0.3, 0.4) is 0 Å². The quantitative estimate of drug-likeness (QED) is 0.824. The van der Waals surface area contributed by atoms with Gasteiger partial charge in [0.15, 0.2) is 0 Å². The maximum atomic E-state index is 5.81. The summed E-state index contributed by atoms with van der Waals surface area (Å²) in [6.45, 7) is 1.99. The van der Waals surface area contributed by atoms with Crippen molar-refractivity contribution in [1.29, 1.82) is 0 Å². The zero-order valence-corrected chi connectivity index (χ0v) is 10.2. The van der Waals surface area contributed by atoms with Gasteiger partial charge in [0.25, 0.3) is 0 Å². The summed E-state index contributed by atoms with van der Waals surface area (Å²) in [6, 6.07) is 0. The van der Waals surface area contributed by atoms with E-state index in [4.69, 9.17) is 5.73 Å². The predicted molar refractivity (Wildman–Crippen MR) is 64.2 cm³/mol. The molecule has 0 bridgehead atoms. The van der Waals surface area contributed by atoms with Gasteiger partial charge in [0.2, 0.25) is 0 Å². The van der Waals surface area contributed by atoms with Gasteiger partial charge in [0.1, 0.15) is 5.82 Å². The second-order valence-corrected chi connectivity index (χ2v) is 5.60. The molecule has 0 aliphatic rings. The number of thioether (sulfide) groups is 1. The van der Waals surface area contributed by atoms with E-state index >= 15 is 0 Å². The first-order chi connectivity index (χ1) is 6.72. The van der Waals surface area contributed by atoms with Crippen LogP contribution in [0.1, 0.15) is 5.01 Å². The standard InChI is InChI=1S/C8H9N3S3/c1-4-10-5(3-13-4)6-7(9)11-14-8(6)12-2/h3H,1-2H3,(H2,9,11). The third-order valence-corrected chi connectivity index (χ3v) is 4.48. The van der Waals surface area contributed by atoms with Crippen LogP contribution in [-0.2, 0) is 0 Å². The molecule has 0 spiro atoms. The van der Waals surface area contributed by atoms with Crippen LogP contribution in [-0.4, -0.2) is 15.6 Å². The Morgan fingerprint density at radius 2 is 2.29 bits per heavy atom. The van der Waals surface area contributed by atoms with Crippen LogP contribution in [0.2, 0.25) is 0 Å². The van der Waals surface area contributed by atoms with Gasteiger partial charge in [-0.05, 0) is 24.7 Å². The molecule has 2 N–H and O–H groups in total. The predicted octanol–water partition coefficient (Wildman–Crippen LogP) is 2.88. The van der Waals surface area contributed by atoms with E-state index in [-0.39, 0.29) is 0 Å². The van der Waals surface area contributed by atoms with Gasteiger partial charge in [0.05, 0.1) is 20.5 Å². The van der Waals surface area contributed by atoms with Crippen molar-refractivity contribution >= 4 is 40.4 Å². The number of hydrogen-bond acceptors (Lipinski definition) is 6. The Bertz CT molecular complexity index is 446. The second kappa shape index (κ2) is 3.88. The highest BCUT2D eigenvalue weighted by Crippen LogP contribution is 2.38. The fraction of sp³-hybridized carbons (Fsp3) is 0.250. The van der Waals surface area contributed by atoms with Gasteiger partial charge in [-0.25, -0.2) is 4.98 Å². The Morgan fingerprint density at radius 1 is 1.50 bits per heavy atom. The molecule has 2 rings (SSSR count). The highest BCUT2D eigenvalue weighted by molar-refractivity contribution is 8.00. The molecular formula is C8H9N3S3. The number of nitrogens with zero attached hydrogens (tertiary/aromatic N) is 2. The Balaban J connectivity index is 2.54. The van der Waals surface area contributed by atoms with Gasteiger partial charge >= 0.3 is 0 Å². The molecule has 0 radical (unpaired) electrons. The summed E-state index contributed by atoms with van der Waals surface area (Å²) in [6.07, 6.45) is 2.02. The molecule has 2 aromatic rings. The number of nitrogens with two attached hydrogens (primary N) is 1. The zero-order chi connectivity index (χ0) is 10.1. The number of aryl methyl sites for hydroxylation is 1. The summed E-state index contributed by atoms with van der Waals surface area (Å²) in [5.74, 6) is 0.588. The minimum Gasteiger partial charge on any atom is -0.382 e. The lowest BCUT2D eigenvalue weighted by atomic mass is 10.3. The van der Waals surface area contributed by atoms with Crippen LogP contribution in [0, 0.1) is 6.92 Å². The van der Waals surface area contributed by atoms with E-state index in [1.807, 2.05) is 18.6 Å². The van der Waals surface area contributed by atoms with Gasteiger partial charge in [-0.3, -0.25) is 0 Å². The summed E-state index contributed by atoms with van der Waals surface area (Å²) in [5.41, 5.74) is 7.75. The number of hydrogen-bond donors (Lipinski definition) is 1. The van der Waals surface area contributed by atoms with Gasteiger partial charge in [0, 0.05) is 5.38 Å². The zero-order valence-electron chi connectivity index (χ0n) is 7.77. The van der Waals surface area contributed by atoms with E-state index in [1.54, 1.807) is 23.1 Å². The summed E-state index contributed by atoms with van der Waals surface area (Å²) >= 11 is 4.73. The topological polar surface area (TPSA) is 51.8 Å². The molecule has 0 saturated heterocycles. The highest BCUT2D eigenvalue weighted by Gasteiger charge is 2.14. The number of anilines is 1. The monoisotopic (exact) mass is 243 g/mol. The van der Waals surface area contributed by atoms with Crippen molar-refractivity contribution in [2.45, 2.75) is 11.1 Å². The average molecular weight is 243 g/mol. The molecule has 6 heteroatoms. The lowest BCUT2D eigenvalue weighted by Gasteiger charge is -1.96. The Morgan fingerprint density at radius 3 is 2.86 bits per heavy atom. The van der Waals surface area contributed by atoms with Crippen molar-refractivity contribution in [2.75, 3.05) is 12.0 Å². The first-order valence-electron chi connectivity index (χ1n) is 3.94. The van der Waals surface area contributed by atoms with Crippen LogP contribution in [0.25, 0.3) is 11.3 Å². The number of thiazole rings is 1. The Labute approximate surface area is 94.5 Å². The van der Waals surface area contributed by atoms with Crippen LogP contribution in [0.5, 0.6) is 0 Å². The lowest BCUT2D eigenvalue weighted by Crippen LogP contribution is -1.88. The summed E-state index contributed by atoms with van der Waals surface area (Å²) in [7, 11) is 0. The van der Waals surface area contributed by atoms with E-state index in [0.29, 0.717) is 5.82 Å². The minimum atomic E-state index is 0.588. The van der Waals surface area contributed by atoms with Crippen molar-refractivity contribution in [1.82, 2.24) is 9.36 Å². The molecule has 0 fully saturated rings. The van der Waals surface area contributed by atoms with Crippen molar-refractivity contribution in [3.8, 4) is 11.3 Å². The Kier molecular flexibility index (Phi) is 2.76. The molecule has 0 saturated carbocycles. The van der Waals surface area contributed by atoms with E-state index < -0.39 is 0 Å². The normalized spacial score (nSPS) is 10.7. The van der Waals surface area contributed by atoms with Crippen molar-refractivity contribution in [3.63, 3.8) is 0 Å². The SMILES string of the molecule is CSc1snc(N)c1-c1csc(C)n1. The molecule has 0 aliphatic carbocycles. The van der Waals surface area contributed by atoms with E-state index in [0.717, 1.165) is 20.5 Å². The summed E-state index contributed by atoms with van der Waals surface area (Å²) in [4.78, 5) is 4.41. The van der Waals surface area contributed by atoms with Crippen LogP contribution in [0.15, 0.2) is 9.59 Å². The summed E-state index contributed by atoms with van der Waals surface area (Å²) < 4.78 is 5.27. The first-order valence-corrected chi connectivity index (χ1v) is 6.81. The fourth-order valence-corrected chi connectivity index (χ4v) is 3.14. The number of aromatic nitrogens is 2. The number of nitrogen functional groups attached to an aromatic ring is 1. The van der Waals surface area contributed by atoms with Gasteiger partial charge in [-0.15, -0.1) is 23.1 Å². The fourth-order valence-electron chi connectivity index (χ4n) is 1.14. The van der Waals surface area contributed by atoms with Crippen LogP contribution >= 0.6 is 34.6 Å². The largest absolute Gasteiger partial charge is 0.382 e. The summed E-state index contributed by atoms with van der Waals surface area (Å²) in [5, 5.41) is 3.08. The third-order valence-electron chi connectivity index (χ3n) is 1.75. The molecule has 0 unspecified atom stereocenters. The maximum Gasteiger partial charge on any atom is 0.147 e. The van der Waals surface area contributed by atoms with Gasteiger partial charge in [-0.2, -0.15) is 4.37 Å². The lowest BCUT2D eigenvalue weighted by molar-refractivity contribution is 1.29. The molecule has 0 amide bonds. The van der Waals surface area contributed by atoms with E-state index in [9.17, 15) is 0 Å². The van der Waals surface area contributed by atoms with Crippen LogP contribution in [0.4, 0.5) is 5.82 Å². The smallest absolute Gasteiger partial charge is 0.147 e. The second-order valence-electron chi connectivity index (χ2n) is 2.69. The Hall–Kier alpha value is -0.590. The molecule has 0 aliphatic heterocycles. The molecule has 2 aromatic heterocycles. The molecule has 0 atom stereocenters. The maximum absolute atomic E-state index is 5.81. The molecule has 0 aromatic carbocycles. The molecule has 14 heavy (non-hydrogen) atoms. The van der Waals surface area contributed by atoms with E-state index in [2.05, 4.69) is 9.36 Å². The van der Waals surface area contributed by atoms with Gasteiger partial charge in [-0.1, -0.05) is 0 Å². The van der Waals surface area contributed by atoms with Crippen LogP contribution < -0.4 is 5.73 Å². The van der Waals surface area contributed by atoms with E-state index in [1.165, 1.54) is 11.5 Å². The van der Waals surface area contributed by atoms with Crippen molar-refractivity contribution < 1.29 is 0 Å². The van der Waals surface area contributed by atoms with Crippen molar-refractivity contribution in [2.24, 2.45) is 0 Å².